The van der Waals surface area contributed by atoms with E-state index in [1.165, 1.54) is 33.5 Å². The van der Waals surface area contributed by atoms with Crippen LogP contribution in [0.1, 0.15) is 24.2 Å². The van der Waals surface area contributed by atoms with Crippen LogP contribution in [-0.2, 0) is 0 Å². The number of nitro groups is 1. The van der Waals surface area contributed by atoms with Crippen LogP contribution in [0.15, 0.2) is 36.4 Å². The normalized spacial score (nSPS) is 10.6. The molecule has 0 saturated carbocycles. The van der Waals surface area contributed by atoms with E-state index in [1.54, 1.807) is 29.2 Å². The van der Waals surface area contributed by atoms with Crippen molar-refractivity contribution < 1.29 is 23.9 Å². The van der Waals surface area contributed by atoms with Gasteiger partial charge >= 0.3 is 0 Å². The first-order valence-electron chi connectivity index (χ1n) is 9.98. The summed E-state index contributed by atoms with van der Waals surface area (Å²) in [6.45, 7) is 6.88. The Morgan fingerprint density at radius 3 is 1.90 bits per heavy atom. The Balaban J connectivity index is 2.47. The van der Waals surface area contributed by atoms with Gasteiger partial charge in [-0.05, 0) is 37.4 Å². The number of carbonyl (C=O) groups excluding carboxylic acids is 1. The maximum Gasteiger partial charge on any atom is 0.269 e. The standard InChI is InChI=1S/C22H29N3O6/c1-6-23(7-2)12-13-24(17-8-10-18(11-9-17)25(27)28)22(26)16-14-19(29-3)21(31-5)20(15-16)30-4/h8-11,14-15H,6-7,12-13H2,1-5H3. The zero-order valence-corrected chi connectivity index (χ0v) is 18.6. The molecule has 0 heterocycles. The zero-order valence-electron chi connectivity index (χ0n) is 18.6. The number of anilines is 1. The van der Waals surface area contributed by atoms with Crippen LogP contribution in [0.2, 0.25) is 0 Å². The minimum absolute atomic E-state index is 0.0346. The molecule has 168 valence electrons. The number of amides is 1. The molecule has 0 aromatic heterocycles. The number of ether oxygens (including phenoxy) is 3. The van der Waals surface area contributed by atoms with Crippen molar-refractivity contribution in [2.75, 3.05) is 52.4 Å². The van der Waals surface area contributed by atoms with Gasteiger partial charge in [0.15, 0.2) is 11.5 Å². The Bertz CT molecular complexity index is 872. The second kappa shape index (κ2) is 11.2. The van der Waals surface area contributed by atoms with Crippen molar-refractivity contribution in [2.24, 2.45) is 0 Å². The monoisotopic (exact) mass is 431 g/mol. The van der Waals surface area contributed by atoms with Crippen molar-refractivity contribution >= 4 is 17.3 Å². The van der Waals surface area contributed by atoms with Gasteiger partial charge < -0.3 is 24.0 Å². The molecule has 9 nitrogen and oxygen atoms in total. The molecule has 0 unspecified atom stereocenters. The van der Waals surface area contributed by atoms with E-state index in [4.69, 9.17) is 14.2 Å². The Hall–Kier alpha value is -3.33. The summed E-state index contributed by atoms with van der Waals surface area (Å²) in [5.74, 6) is 0.863. The van der Waals surface area contributed by atoms with Crippen LogP contribution in [-0.4, -0.2) is 63.2 Å². The number of rotatable bonds is 11. The van der Waals surface area contributed by atoms with Gasteiger partial charge in [0.2, 0.25) is 5.75 Å². The molecule has 0 fully saturated rings. The molecule has 9 heteroatoms. The molecule has 0 aliphatic heterocycles. The Morgan fingerprint density at radius 2 is 1.48 bits per heavy atom. The third kappa shape index (κ3) is 5.64. The fourth-order valence-electron chi connectivity index (χ4n) is 3.24. The molecule has 2 rings (SSSR count). The van der Waals surface area contributed by atoms with Crippen LogP contribution in [0.4, 0.5) is 11.4 Å². The van der Waals surface area contributed by atoms with Crippen LogP contribution in [0, 0.1) is 10.1 Å². The van der Waals surface area contributed by atoms with E-state index in [1.807, 2.05) is 0 Å². The molecule has 0 N–H and O–H groups in total. The van der Waals surface area contributed by atoms with Crippen molar-refractivity contribution in [3.63, 3.8) is 0 Å². The van der Waals surface area contributed by atoms with Crippen LogP contribution < -0.4 is 19.1 Å². The predicted molar refractivity (Wildman–Crippen MR) is 119 cm³/mol. The predicted octanol–water partition coefficient (Wildman–Crippen LogP) is 3.61. The molecule has 0 aliphatic rings. The van der Waals surface area contributed by atoms with Gasteiger partial charge in [-0.15, -0.1) is 0 Å². The number of hydrogen-bond donors (Lipinski definition) is 0. The second-order valence-corrected chi connectivity index (χ2v) is 6.67. The highest BCUT2D eigenvalue weighted by Crippen LogP contribution is 2.38. The first-order valence-corrected chi connectivity index (χ1v) is 9.98. The van der Waals surface area contributed by atoms with Crippen molar-refractivity contribution in [3.8, 4) is 17.2 Å². The lowest BCUT2D eigenvalue weighted by atomic mass is 10.1. The smallest absolute Gasteiger partial charge is 0.269 e. The maximum atomic E-state index is 13.5. The largest absolute Gasteiger partial charge is 0.493 e. The van der Waals surface area contributed by atoms with Crippen LogP contribution >= 0.6 is 0 Å². The fourth-order valence-corrected chi connectivity index (χ4v) is 3.24. The van der Waals surface area contributed by atoms with Crippen molar-refractivity contribution in [1.82, 2.24) is 4.90 Å². The number of nitrogens with zero attached hydrogens (tertiary/aromatic N) is 3. The summed E-state index contributed by atoms with van der Waals surface area (Å²) in [5.41, 5.74) is 0.886. The molecule has 1 amide bonds. The summed E-state index contributed by atoms with van der Waals surface area (Å²) < 4.78 is 16.1. The topological polar surface area (TPSA) is 94.4 Å². The third-order valence-corrected chi connectivity index (χ3v) is 5.06. The van der Waals surface area contributed by atoms with Gasteiger partial charge in [0, 0.05) is 36.5 Å². The SMILES string of the molecule is CCN(CC)CCN(C(=O)c1cc(OC)c(OC)c(OC)c1)c1ccc([N+](=O)[O-])cc1. The van der Waals surface area contributed by atoms with E-state index >= 15 is 0 Å². The van der Waals surface area contributed by atoms with Crippen molar-refractivity contribution in [3.05, 3.63) is 52.1 Å². The Morgan fingerprint density at radius 1 is 0.935 bits per heavy atom. The average Bonchev–Trinajstić information content (AvgIpc) is 2.80. The highest BCUT2D eigenvalue weighted by Gasteiger charge is 2.23. The van der Waals surface area contributed by atoms with Gasteiger partial charge in [-0.25, -0.2) is 0 Å². The minimum atomic E-state index is -0.467. The van der Waals surface area contributed by atoms with Crippen molar-refractivity contribution in [2.45, 2.75) is 13.8 Å². The lowest BCUT2D eigenvalue weighted by Crippen LogP contribution is -2.39. The lowest BCUT2D eigenvalue weighted by Gasteiger charge is -2.27. The highest BCUT2D eigenvalue weighted by molar-refractivity contribution is 6.07. The van der Waals surface area contributed by atoms with E-state index in [9.17, 15) is 14.9 Å². The van der Waals surface area contributed by atoms with Gasteiger partial charge in [0.1, 0.15) is 0 Å². The fraction of sp³-hybridized carbons (Fsp3) is 0.409. The molecule has 31 heavy (non-hydrogen) atoms. The molecule has 2 aromatic carbocycles. The van der Waals surface area contributed by atoms with E-state index in [2.05, 4.69) is 18.7 Å². The molecule has 0 aliphatic carbocycles. The summed E-state index contributed by atoms with van der Waals surface area (Å²) in [4.78, 5) is 27.8. The molecule has 2 aromatic rings. The molecule has 0 spiro atoms. The van der Waals surface area contributed by atoms with Crippen LogP contribution in [0.3, 0.4) is 0 Å². The van der Waals surface area contributed by atoms with Gasteiger partial charge in [-0.1, -0.05) is 13.8 Å². The Kier molecular flexibility index (Phi) is 8.63. The summed E-state index contributed by atoms with van der Waals surface area (Å²) in [6.07, 6.45) is 0. The minimum Gasteiger partial charge on any atom is -0.493 e. The summed E-state index contributed by atoms with van der Waals surface area (Å²) in [6, 6.07) is 9.13. The number of non-ortho nitro benzene ring substituents is 1. The first kappa shape index (κ1) is 23.9. The zero-order chi connectivity index (χ0) is 23.0. The Labute approximate surface area is 182 Å². The highest BCUT2D eigenvalue weighted by atomic mass is 16.6. The van der Waals surface area contributed by atoms with E-state index in [0.29, 0.717) is 41.6 Å². The summed E-state index contributed by atoms with van der Waals surface area (Å²) in [7, 11) is 4.47. The number of benzene rings is 2. The van der Waals surface area contributed by atoms with Crippen molar-refractivity contribution in [1.29, 1.82) is 0 Å². The van der Waals surface area contributed by atoms with Gasteiger partial charge in [0.25, 0.3) is 11.6 Å². The van der Waals surface area contributed by atoms with Gasteiger partial charge in [-0.2, -0.15) is 0 Å². The molecule has 0 bridgehead atoms. The van der Waals surface area contributed by atoms with Crippen LogP contribution in [0.25, 0.3) is 0 Å². The summed E-state index contributed by atoms with van der Waals surface area (Å²) in [5, 5.41) is 11.0. The molecule has 0 saturated heterocycles. The first-order chi connectivity index (χ1) is 14.9. The third-order valence-electron chi connectivity index (χ3n) is 5.06. The molecular formula is C22H29N3O6. The lowest BCUT2D eigenvalue weighted by molar-refractivity contribution is -0.384. The van der Waals surface area contributed by atoms with E-state index in [0.717, 1.165) is 13.1 Å². The van der Waals surface area contributed by atoms with Crippen LogP contribution in [0.5, 0.6) is 17.2 Å². The summed E-state index contributed by atoms with van der Waals surface area (Å²) >= 11 is 0. The van der Waals surface area contributed by atoms with E-state index < -0.39 is 4.92 Å². The number of methoxy groups -OCH3 is 3. The molecular weight excluding hydrogens is 402 g/mol. The van der Waals surface area contributed by atoms with Gasteiger partial charge in [0.05, 0.1) is 26.3 Å². The maximum absolute atomic E-state index is 13.5. The molecule has 0 radical (unpaired) electrons. The number of likely N-dealkylation sites (N-methyl/N-ethyl adjacent to an activating group) is 1. The number of nitro benzene ring substituents is 1. The second-order valence-electron chi connectivity index (χ2n) is 6.67. The quantitative estimate of drug-likeness (QED) is 0.396. The number of carbonyl (C=O) groups is 1. The average molecular weight is 431 g/mol. The number of hydrogen-bond acceptors (Lipinski definition) is 7. The van der Waals surface area contributed by atoms with Gasteiger partial charge in [-0.3, -0.25) is 14.9 Å². The molecule has 0 atom stereocenters. The van der Waals surface area contributed by atoms with E-state index in [-0.39, 0.29) is 11.6 Å².